The molecule has 3 rings (SSSR count). The topological polar surface area (TPSA) is 48.4 Å². The number of hydrogen-bond donors (Lipinski definition) is 0. The van der Waals surface area contributed by atoms with Gasteiger partial charge in [-0.2, -0.15) is 0 Å². The van der Waals surface area contributed by atoms with Crippen molar-refractivity contribution in [1.29, 1.82) is 0 Å². The van der Waals surface area contributed by atoms with Crippen LogP contribution in [0.15, 0.2) is 5.38 Å². The van der Waals surface area contributed by atoms with Gasteiger partial charge in [-0.25, -0.2) is 4.98 Å². The molecule has 1 saturated carbocycles. The van der Waals surface area contributed by atoms with Gasteiger partial charge in [0.2, 0.25) is 0 Å². The van der Waals surface area contributed by atoms with Gasteiger partial charge >= 0.3 is 5.97 Å². The molecule has 2 fully saturated rings. The van der Waals surface area contributed by atoms with Crippen molar-refractivity contribution in [3.63, 3.8) is 0 Å². The number of hydrogen-bond acceptors (Lipinski definition) is 5. The average molecular weight is 295 g/mol. The summed E-state index contributed by atoms with van der Waals surface area (Å²) in [5.41, 5.74) is 0.740. The highest BCUT2D eigenvalue weighted by Crippen LogP contribution is 2.52. The molecule has 2 heterocycles. The van der Waals surface area contributed by atoms with Crippen LogP contribution in [0, 0.1) is 18.3 Å². The molecule has 0 bridgehead atoms. The Morgan fingerprint density at radius 2 is 2.40 bits per heavy atom. The van der Waals surface area contributed by atoms with E-state index in [0.29, 0.717) is 5.92 Å². The van der Waals surface area contributed by atoms with E-state index in [-0.39, 0.29) is 30.0 Å². The molecule has 1 aliphatic heterocycles. The summed E-state index contributed by atoms with van der Waals surface area (Å²) in [5.74, 6) is 0.206. The van der Waals surface area contributed by atoms with Crippen LogP contribution in [0.1, 0.15) is 37.4 Å². The van der Waals surface area contributed by atoms with E-state index < -0.39 is 0 Å². The first kappa shape index (κ1) is 14.0. The van der Waals surface area contributed by atoms with Gasteiger partial charge in [-0.3, -0.25) is 4.79 Å². The normalized spacial score (nSPS) is 31.2. The molecule has 1 aromatic rings. The van der Waals surface area contributed by atoms with E-state index >= 15 is 0 Å². The molecular weight excluding hydrogens is 274 g/mol. The number of carbonyl (C=O) groups is 1. The summed E-state index contributed by atoms with van der Waals surface area (Å²) in [4.78, 5) is 16.4. The zero-order chi connectivity index (χ0) is 14.3. The number of fused-ring (bicyclic) bond motifs is 1. The predicted octanol–water partition coefficient (Wildman–Crippen LogP) is 2.74. The van der Waals surface area contributed by atoms with E-state index in [9.17, 15) is 4.79 Å². The second-order valence-electron chi connectivity index (χ2n) is 6.36. The van der Waals surface area contributed by atoms with Crippen LogP contribution in [0.25, 0.3) is 0 Å². The number of thiazole rings is 1. The molecule has 0 amide bonds. The number of nitrogens with zero attached hydrogens (tertiary/aromatic N) is 1. The van der Waals surface area contributed by atoms with E-state index in [1.54, 1.807) is 11.3 Å². The number of esters is 1. The maximum atomic E-state index is 12.1. The average Bonchev–Trinajstić information content (AvgIpc) is 2.81. The molecule has 0 unspecified atom stereocenters. The van der Waals surface area contributed by atoms with E-state index in [0.717, 1.165) is 30.2 Å². The summed E-state index contributed by atoms with van der Waals surface area (Å²) < 4.78 is 11.6. The molecule has 0 aromatic carbocycles. The van der Waals surface area contributed by atoms with Gasteiger partial charge in [-0.15, -0.1) is 11.3 Å². The van der Waals surface area contributed by atoms with Crippen LogP contribution < -0.4 is 0 Å². The molecule has 0 radical (unpaired) electrons. The van der Waals surface area contributed by atoms with Gasteiger partial charge in [0.05, 0.1) is 23.2 Å². The summed E-state index contributed by atoms with van der Waals surface area (Å²) in [6.45, 7) is 7.04. The Bertz CT molecular complexity index is 511. The SMILES string of the molecule is Cc1nc(CC(=O)O[C@@H]2[C@@H]3CCCO[C@H]3C2(C)C)cs1. The third kappa shape index (κ3) is 2.37. The number of aryl methyl sites for hydroxylation is 1. The lowest BCUT2D eigenvalue weighted by atomic mass is 9.57. The van der Waals surface area contributed by atoms with Crippen LogP contribution in [0.3, 0.4) is 0 Å². The van der Waals surface area contributed by atoms with Crippen LogP contribution in [-0.2, 0) is 20.7 Å². The van der Waals surface area contributed by atoms with Crippen molar-refractivity contribution < 1.29 is 14.3 Å². The highest BCUT2D eigenvalue weighted by Gasteiger charge is 2.60. The van der Waals surface area contributed by atoms with Gasteiger partial charge in [0, 0.05) is 23.3 Å². The van der Waals surface area contributed by atoms with E-state index in [2.05, 4.69) is 18.8 Å². The lowest BCUT2D eigenvalue weighted by molar-refractivity contribution is -0.254. The molecule has 110 valence electrons. The number of carbonyl (C=O) groups excluding carboxylic acids is 1. The zero-order valence-electron chi connectivity index (χ0n) is 12.2. The monoisotopic (exact) mass is 295 g/mol. The van der Waals surface area contributed by atoms with E-state index in [4.69, 9.17) is 9.47 Å². The summed E-state index contributed by atoms with van der Waals surface area (Å²) in [6.07, 6.45) is 2.67. The number of ether oxygens (including phenoxy) is 2. The maximum Gasteiger partial charge on any atom is 0.312 e. The Hall–Kier alpha value is -0.940. The van der Waals surface area contributed by atoms with Crippen LogP contribution >= 0.6 is 11.3 Å². The molecule has 20 heavy (non-hydrogen) atoms. The minimum Gasteiger partial charge on any atom is -0.461 e. The minimum absolute atomic E-state index is 0.0139. The third-order valence-corrected chi connectivity index (χ3v) is 5.30. The van der Waals surface area contributed by atoms with Gasteiger partial charge < -0.3 is 9.47 Å². The predicted molar refractivity (Wildman–Crippen MR) is 76.7 cm³/mol. The van der Waals surface area contributed by atoms with E-state index in [1.165, 1.54) is 0 Å². The van der Waals surface area contributed by atoms with Crippen molar-refractivity contribution in [3.8, 4) is 0 Å². The fraction of sp³-hybridized carbons (Fsp3) is 0.733. The van der Waals surface area contributed by atoms with Crippen molar-refractivity contribution in [3.05, 3.63) is 16.1 Å². The highest BCUT2D eigenvalue weighted by atomic mass is 32.1. The summed E-state index contributed by atoms with van der Waals surface area (Å²) >= 11 is 1.56. The van der Waals surface area contributed by atoms with Gasteiger partial charge in [-0.1, -0.05) is 13.8 Å². The first-order chi connectivity index (χ1) is 9.48. The van der Waals surface area contributed by atoms with Crippen molar-refractivity contribution in [2.24, 2.45) is 11.3 Å². The Kier molecular flexibility index (Phi) is 3.58. The van der Waals surface area contributed by atoms with Crippen LogP contribution in [0.4, 0.5) is 0 Å². The first-order valence-electron chi connectivity index (χ1n) is 7.20. The van der Waals surface area contributed by atoms with Gasteiger partial charge in [0.1, 0.15) is 6.10 Å². The quantitative estimate of drug-likeness (QED) is 0.805. The summed E-state index contributed by atoms with van der Waals surface area (Å²) in [5, 5.41) is 2.91. The lowest BCUT2D eigenvalue weighted by Gasteiger charge is -2.58. The third-order valence-electron chi connectivity index (χ3n) is 4.47. The molecule has 1 saturated heterocycles. The lowest BCUT2D eigenvalue weighted by Crippen LogP contribution is -2.65. The fourth-order valence-electron chi connectivity index (χ4n) is 3.54. The second kappa shape index (κ2) is 5.11. The summed E-state index contributed by atoms with van der Waals surface area (Å²) in [6, 6.07) is 0. The van der Waals surface area contributed by atoms with Gasteiger partial charge in [0.25, 0.3) is 0 Å². The van der Waals surface area contributed by atoms with Crippen LogP contribution in [0.5, 0.6) is 0 Å². The van der Waals surface area contributed by atoms with Gasteiger partial charge in [0.15, 0.2) is 0 Å². The van der Waals surface area contributed by atoms with Crippen molar-refractivity contribution in [2.45, 2.75) is 52.2 Å². The Morgan fingerprint density at radius 1 is 1.60 bits per heavy atom. The largest absolute Gasteiger partial charge is 0.461 e. The number of aromatic nitrogens is 1. The molecule has 0 N–H and O–H groups in total. The van der Waals surface area contributed by atoms with Crippen LogP contribution in [-0.4, -0.2) is 29.8 Å². The van der Waals surface area contributed by atoms with Crippen molar-refractivity contribution >= 4 is 17.3 Å². The van der Waals surface area contributed by atoms with Crippen LogP contribution in [0.2, 0.25) is 0 Å². The Morgan fingerprint density at radius 3 is 3.10 bits per heavy atom. The molecule has 1 aliphatic carbocycles. The fourth-order valence-corrected chi connectivity index (χ4v) is 4.15. The molecule has 2 aliphatic rings. The molecule has 4 nitrogen and oxygen atoms in total. The van der Waals surface area contributed by atoms with E-state index in [1.807, 2.05) is 12.3 Å². The first-order valence-corrected chi connectivity index (χ1v) is 8.08. The molecule has 5 heteroatoms. The Labute approximate surface area is 123 Å². The highest BCUT2D eigenvalue weighted by molar-refractivity contribution is 7.09. The number of rotatable bonds is 3. The Balaban J connectivity index is 1.61. The zero-order valence-corrected chi connectivity index (χ0v) is 13.0. The van der Waals surface area contributed by atoms with Crippen molar-refractivity contribution in [2.75, 3.05) is 6.61 Å². The molecule has 1 aromatic heterocycles. The maximum absolute atomic E-state index is 12.1. The minimum atomic E-state index is -0.169. The molecule has 0 spiro atoms. The standard InChI is InChI=1S/C15H21NO3S/c1-9-16-10(8-20-9)7-12(17)19-14-11-5-4-6-18-13(11)15(14,2)3/h8,11,13-14H,4-7H2,1-3H3/t11-,13-,14-/m1/s1. The summed E-state index contributed by atoms with van der Waals surface area (Å²) in [7, 11) is 0. The smallest absolute Gasteiger partial charge is 0.312 e. The van der Waals surface area contributed by atoms with Gasteiger partial charge in [-0.05, 0) is 19.8 Å². The van der Waals surface area contributed by atoms with Crippen molar-refractivity contribution in [1.82, 2.24) is 4.98 Å². The molecular formula is C15H21NO3S. The molecule has 3 atom stereocenters. The second-order valence-corrected chi connectivity index (χ2v) is 7.43.